The second-order valence-electron chi connectivity index (χ2n) is 9.22. The topological polar surface area (TPSA) is 96.9 Å². The summed E-state index contributed by atoms with van der Waals surface area (Å²) in [5, 5.41) is 4.83. The van der Waals surface area contributed by atoms with Gasteiger partial charge in [0, 0.05) is 48.9 Å². The number of halogens is 2. The van der Waals surface area contributed by atoms with E-state index in [1.54, 1.807) is 22.1 Å². The number of ether oxygens (including phenoxy) is 2. The minimum absolute atomic E-state index is 0.0193. The number of rotatable bonds is 7. The number of hydrogen-bond donors (Lipinski definition) is 1. The molecule has 1 aromatic heterocycles. The Morgan fingerprint density at radius 3 is 2.45 bits per heavy atom. The number of likely N-dealkylation sites (tertiary alicyclic amines) is 2. The van der Waals surface area contributed by atoms with Crippen molar-refractivity contribution < 1.29 is 19.1 Å². The molecule has 0 spiro atoms. The van der Waals surface area contributed by atoms with Crippen LogP contribution in [0, 0.1) is 0 Å². The largest absolute Gasteiger partial charge is 0.495 e. The normalized spacial score (nSPS) is 18.7. The molecule has 0 saturated carbocycles. The Balaban J connectivity index is 1.39. The summed E-state index contributed by atoms with van der Waals surface area (Å²) < 4.78 is 10.8. The first-order valence-electron chi connectivity index (χ1n) is 12.2. The average Bonchev–Trinajstić information content (AvgIpc) is 3.31. The quantitative estimate of drug-likeness (QED) is 0.431. The van der Waals surface area contributed by atoms with Crippen LogP contribution < -0.4 is 14.8 Å². The minimum atomic E-state index is -0.518. The smallest absolute Gasteiger partial charge is 0.246 e. The Kier molecular flexibility index (Phi) is 7.32. The SMILES string of the molecule is C=CC(=O)N1CC(Nc2ncc3cc(-c4c(Cl)c(OC)cc(OC)c4Cl)ccc3n2)CC1C(=O)N1CCC1. The molecule has 0 aliphatic carbocycles. The number of fused-ring (bicyclic) bond motifs is 1. The summed E-state index contributed by atoms with van der Waals surface area (Å²) in [5.41, 5.74) is 2.05. The predicted octanol–water partition coefficient (Wildman–Crippen LogP) is 4.42. The molecule has 1 N–H and O–H groups in total. The molecule has 3 aromatic rings. The van der Waals surface area contributed by atoms with E-state index in [1.165, 1.54) is 20.3 Å². The molecule has 2 aliphatic rings. The first-order chi connectivity index (χ1) is 18.3. The third-order valence-corrected chi connectivity index (χ3v) is 7.74. The number of carbonyl (C=O) groups is 2. The molecule has 2 unspecified atom stereocenters. The summed E-state index contributed by atoms with van der Waals surface area (Å²) in [7, 11) is 3.06. The number of hydrogen-bond acceptors (Lipinski definition) is 7. The van der Waals surface area contributed by atoms with Crippen LogP contribution >= 0.6 is 23.2 Å². The zero-order valence-corrected chi connectivity index (χ0v) is 22.6. The van der Waals surface area contributed by atoms with Gasteiger partial charge in [-0.2, -0.15) is 0 Å². The number of amides is 2. The molecule has 9 nitrogen and oxygen atoms in total. The van der Waals surface area contributed by atoms with Gasteiger partial charge >= 0.3 is 0 Å². The first-order valence-corrected chi connectivity index (χ1v) is 13.0. The van der Waals surface area contributed by atoms with Gasteiger partial charge in [0.2, 0.25) is 17.8 Å². The zero-order chi connectivity index (χ0) is 27.0. The monoisotopic (exact) mass is 555 g/mol. The molecular formula is C27H27Cl2N5O4. The molecule has 11 heteroatoms. The van der Waals surface area contributed by atoms with Crippen molar-refractivity contribution >= 4 is 51.9 Å². The van der Waals surface area contributed by atoms with Crippen LogP contribution in [0.3, 0.4) is 0 Å². The molecular weight excluding hydrogens is 529 g/mol. The highest BCUT2D eigenvalue weighted by Crippen LogP contribution is 2.46. The number of methoxy groups -OCH3 is 2. The third-order valence-electron chi connectivity index (χ3n) is 6.99. The summed E-state index contributed by atoms with van der Waals surface area (Å²) >= 11 is 13.2. The molecule has 5 rings (SSSR count). The number of carbonyl (C=O) groups excluding carboxylic acids is 2. The molecule has 2 aliphatic heterocycles. The molecule has 2 aromatic carbocycles. The summed E-state index contributed by atoms with van der Waals surface area (Å²) in [6.45, 7) is 5.42. The highest BCUT2D eigenvalue weighted by molar-refractivity contribution is 6.41. The average molecular weight is 556 g/mol. The molecule has 2 atom stereocenters. The van der Waals surface area contributed by atoms with E-state index in [0.717, 1.165) is 30.5 Å². The second kappa shape index (κ2) is 10.7. The van der Waals surface area contributed by atoms with E-state index in [-0.39, 0.29) is 17.9 Å². The van der Waals surface area contributed by atoms with Gasteiger partial charge in [0.15, 0.2) is 0 Å². The fourth-order valence-electron chi connectivity index (χ4n) is 4.86. The van der Waals surface area contributed by atoms with Gasteiger partial charge in [-0.05, 0) is 36.6 Å². The van der Waals surface area contributed by atoms with Crippen molar-refractivity contribution in [2.45, 2.75) is 24.9 Å². The molecule has 0 radical (unpaired) electrons. The Labute approximate surface area is 230 Å². The van der Waals surface area contributed by atoms with Crippen LogP contribution in [0.4, 0.5) is 5.95 Å². The Bertz CT molecular complexity index is 1400. The summed E-state index contributed by atoms with van der Waals surface area (Å²) in [5.74, 6) is 1.04. The third kappa shape index (κ3) is 4.72. The number of benzene rings is 2. The lowest BCUT2D eigenvalue weighted by atomic mass is 10.0. The molecule has 3 heterocycles. The van der Waals surface area contributed by atoms with Crippen molar-refractivity contribution in [1.29, 1.82) is 0 Å². The van der Waals surface area contributed by atoms with E-state index in [4.69, 9.17) is 32.7 Å². The number of nitrogens with one attached hydrogen (secondary N) is 1. The number of nitrogens with zero attached hydrogens (tertiary/aromatic N) is 4. The van der Waals surface area contributed by atoms with Crippen LogP contribution in [0.2, 0.25) is 10.0 Å². The summed E-state index contributed by atoms with van der Waals surface area (Å²) in [6.07, 6.45) is 4.42. The van der Waals surface area contributed by atoms with E-state index < -0.39 is 6.04 Å². The van der Waals surface area contributed by atoms with Crippen LogP contribution in [0.1, 0.15) is 12.8 Å². The van der Waals surface area contributed by atoms with Gasteiger partial charge in [0.05, 0.1) is 29.8 Å². The molecule has 2 amide bonds. The Morgan fingerprint density at radius 2 is 1.84 bits per heavy atom. The van der Waals surface area contributed by atoms with Crippen molar-refractivity contribution in [3.63, 3.8) is 0 Å². The fourth-order valence-corrected chi connectivity index (χ4v) is 5.58. The van der Waals surface area contributed by atoms with Crippen molar-refractivity contribution in [3.05, 3.63) is 53.2 Å². The van der Waals surface area contributed by atoms with Crippen LogP contribution in [0.15, 0.2) is 43.1 Å². The van der Waals surface area contributed by atoms with Crippen LogP contribution in [-0.4, -0.2) is 77.5 Å². The fraction of sp³-hybridized carbons (Fsp3) is 0.333. The van der Waals surface area contributed by atoms with Gasteiger partial charge in [-0.25, -0.2) is 9.97 Å². The van der Waals surface area contributed by atoms with Gasteiger partial charge in [0.25, 0.3) is 0 Å². The highest BCUT2D eigenvalue weighted by Gasteiger charge is 2.41. The van der Waals surface area contributed by atoms with Gasteiger partial charge in [-0.1, -0.05) is 35.8 Å². The minimum Gasteiger partial charge on any atom is -0.495 e. The molecule has 2 saturated heterocycles. The summed E-state index contributed by atoms with van der Waals surface area (Å²) in [6, 6.07) is 6.57. The van der Waals surface area contributed by atoms with Crippen molar-refractivity contribution in [3.8, 4) is 22.6 Å². The Morgan fingerprint density at radius 1 is 1.13 bits per heavy atom. The molecule has 2 fully saturated rings. The Hall–Kier alpha value is -3.56. The van der Waals surface area contributed by atoms with E-state index >= 15 is 0 Å². The first kappa shape index (κ1) is 26.1. The van der Waals surface area contributed by atoms with Crippen LogP contribution in [0.25, 0.3) is 22.0 Å². The number of anilines is 1. The number of aromatic nitrogens is 2. The van der Waals surface area contributed by atoms with E-state index in [2.05, 4.69) is 21.9 Å². The van der Waals surface area contributed by atoms with Crippen LogP contribution in [-0.2, 0) is 9.59 Å². The lowest BCUT2D eigenvalue weighted by Gasteiger charge is -2.35. The lowest BCUT2D eigenvalue weighted by Crippen LogP contribution is -2.52. The van der Waals surface area contributed by atoms with Gasteiger partial charge in [-0.15, -0.1) is 0 Å². The maximum absolute atomic E-state index is 12.9. The van der Waals surface area contributed by atoms with Gasteiger partial charge in [0.1, 0.15) is 17.5 Å². The predicted molar refractivity (Wildman–Crippen MR) is 147 cm³/mol. The summed E-state index contributed by atoms with van der Waals surface area (Å²) in [4.78, 5) is 37.9. The van der Waals surface area contributed by atoms with Crippen molar-refractivity contribution in [2.75, 3.05) is 39.2 Å². The maximum atomic E-state index is 12.9. The molecule has 0 bridgehead atoms. The van der Waals surface area contributed by atoms with Crippen LogP contribution in [0.5, 0.6) is 11.5 Å². The zero-order valence-electron chi connectivity index (χ0n) is 21.0. The van der Waals surface area contributed by atoms with Gasteiger partial charge < -0.3 is 24.6 Å². The van der Waals surface area contributed by atoms with E-state index in [0.29, 0.717) is 51.5 Å². The standard InChI is InChI=1S/C27H27Cl2N5O4/c1-4-22(35)34-14-17(11-19(34)26(36)33-8-5-9-33)31-27-30-13-16-10-15(6-7-18(16)32-27)23-24(28)20(37-2)12-21(38-3)25(23)29/h4,6-7,10,12-13,17,19H,1,5,8-9,11,14H2,2-3H3,(H,30,31,32). The maximum Gasteiger partial charge on any atom is 0.246 e. The molecule has 198 valence electrons. The van der Waals surface area contributed by atoms with Gasteiger partial charge in [-0.3, -0.25) is 9.59 Å². The lowest BCUT2D eigenvalue weighted by molar-refractivity contribution is -0.144. The van der Waals surface area contributed by atoms with Crippen molar-refractivity contribution in [2.24, 2.45) is 0 Å². The van der Waals surface area contributed by atoms with E-state index in [9.17, 15) is 9.59 Å². The highest BCUT2D eigenvalue weighted by atomic mass is 35.5. The van der Waals surface area contributed by atoms with Crippen molar-refractivity contribution in [1.82, 2.24) is 19.8 Å². The molecule has 38 heavy (non-hydrogen) atoms. The van der Waals surface area contributed by atoms with E-state index in [1.807, 2.05) is 18.2 Å². The second-order valence-corrected chi connectivity index (χ2v) is 9.97.